The van der Waals surface area contributed by atoms with E-state index in [1.807, 2.05) is 6.07 Å². The third-order valence-corrected chi connectivity index (χ3v) is 4.80. The standard InChI is InChI=1S/C14H17F3O3S/c15-13(16)14(17)21(18,19)20-12-8-4-7-11(9-12)10-5-2-1-3-6-10/h4,7-10,13-14H,1-3,5-6H2. The van der Waals surface area contributed by atoms with Crippen molar-refractivity contribution in [2.45, 2.75) is 50.0 Å². The van der Waals surface area contributed by atoms with Crippen molar-refractivity contribution in [2.24, 2.45) is 0 Å². The van der Waals surface area contributed by atoms with Gasteiger partial charge < -0.3 is 4.18 Å². The van der Waals surface area contributed by atoms with E-state index in [1.54, 1.807) is 6.07 Å². The van der Waals surface area contributed by atoms with E-state index in [9.17, 15) is 21.6 Å². The van der Waals surface area contributed by atoms with E-state index in [2.05, 4.69) is 4.18 Å². The lowest BCUT2D eigenvalue weighted by molar-refractivity contribution is 0.0864. The first-order valence-electron chi connectivity index (χ1n) is 6.85. The third kappa shape index (κ3) is 4.12. The summed E-state index contributed by atoms with van der Waals surface area (Å²) in [5.74, 6) is 0.183. The van der Waals surface area contributed by atoms with Gasteiger partial charge in [-0.25, -0.2) is 13.2 Å². The Kier molecular flexibility index (Phi) is 5.13. The molecule has 1 aromatic carbocycles. The van der Waals surface area contributed by atoms with Crippen LogP contribution < -0.4 is 4.18 Å². The van der Waals surface area contributed by atoms with Crippen molar-refractivity contribution in [2.75, 3.05) is 0 Å². The summed E-state index contributed by atoms with van der Waals surface area (Å²) < 4.78 is 64.5. The Bertz CT molecular complexity index is 569. The molecule has 1 aliphatic rings. The summed E-state index contributed by atoms with van der Waals surface area (Å²) in [5, 5.41) is 0. The highest BCUT2D eigenvalue weighted by Gasteiger charge is 2.36. The number of benzene rings is 1. The fourth-order valence-electron chi connectivity index (χ4n) is 2.56. The summed E-state index contributed by atoms with van der Waals surface area (Å²) in [6, 6.07) is 6.24. The summed E-state index contributed by atoms with van der Waals surface area (Å²) in [5.41, 5.74) is -2.44. The van der Waals surface area contributed by atoms with Crippen molar-refractivity contribution in [1.29, 1.82) is 0 Å². The van der Waals surface area contributed by atoms with Crippen molar-refractivity contribution >= 4 is 10.1 Å². The molecule has 0 radical (unpaired) electrons. The Balaban J connectivity index is 2.14. The molecule has 0 N–H and O–H groups in total. The molecule has 7 heteroatoms. The van der Waals surface area contributed by atoms with Gasteiger partial charge in [0.15, 0.2) is 0 Å². The lowest BCUT2D eigenvalue weighted by Gasteiger charge is -2.22. The highest BCUT2D eigenvalue weighted by atomic mass is 32.2. The van der Waals surface area contributed by atoms with E-state index in [0.29, 0.717) is 5.92 Å². The van der Waals surface area contributed by atoms with Gasteiger partial charge in [0.1, 0.15) is 5.75 Å². The Morgan fingerprint density at radius 2 is 1.76 bits per heavy atom. The highest BCUT2D eigenvalue weighted by Crippen LogP contribution is 2.34. The van der Waals surface area contributed by atoms with Crippen molar-refractivity contribution in [3.63, 3.8) is 0 Å². The Hall–Kier alpha value is -1.24. The summed E-state index contributed by atoms with van der Waals surface area (Å²) in [6.45, 7) is 0. The van der Waals surface area contributed by atoms with Crippen LogP contribution in [-0.2, 0) is 10.1 Å². The average molecular weight is 322 g/mol. The molecule has 1 aliphatic carbocycles. The molecule has 0 aliphatic heterocycles. The minimum atomic E-state index is -4.98. The Morgan fingerprint density at radius 1 is 1.10 bits per heavy atom. The fraction of sp³-hybridized carbons (Fsp3) is 0.571. The van der Waals surface area contributed by atoms with Gasteiger partial charge in [-0.15, -0.1) is 0 Å². The Labute approximate surface area is 122 Å². The monoisotopic (exact) mass is 322 g/mol. The van der Waals surface area contributed by atoms with E-state index in [4.69, 9.17) is 0 Å². The van der Waals surface area contributed by atoms with E-state index in [0.717, 1.165) is 31.2 Å². The van der Waals surface area contributed by atoms with Crippen molar-refractivity contribution < 1.29 is 25.8 Å². The van der Waals surface area contributed by atoms with Gasteiger partial charge in [-0.05, 0) is 36.5 Å². The average Bonchev–Trinajstić information content (AvgIpc) is 2.47. The molecule has 0 amide bonds. The summed E-state index contributed by atoms with van der Waals surface area (Å²) in [6.07, 6.45) is 1.76. The van der Waals surface area contributed by atoms with E-state index >= 15 is 0 Å². The highest BCUT2D eigenvalue weighted by molar-refractivity contribution is 7.87. The zero-order chi connectivity index (χ0) is 15.5. The predicted molar refractivity (Wildman–Crippen MR) is 72.7 cm³/mol. The minimum absolute atomic E-state index is 0.124. The lowest BCUT2D eigenvalue weighted by atomic mass is 9.84. The normalized spacial score (nSPS) is 18.7. The van der Waals surface area contributed by atoms with Crippen LogP contribution in [0.3, 0.4) is 0 Å². The molecular weight excluding hydrogens is 305 g/mol. The number of rotatable bonds is 5. The van der Waals surface area contributed by atoms with Gasteiger partial charge in [0.25, 0.3) is 11.9 Å². The van der Waals surface area contributed by atoms with Gasteiger partial charge in [-0.3, -0.25) is 0 Å². The van der Waals surface area contributed by atoms with Gasteiger partial charge in [0.05, 0.1) is 0 Å². The first-order valence-corrected chi connectivity index (χ1v) is 8.33. The van der Waals surface area contributed by atoms with E-state index in [-0.39, 0.29) is 5.75 Å². The molecule has 1 fully saturated rings. The predicted octanol–water partition coefficient (Wildman–Crippen LogP) is 4.00. The largest absolute Gasteiger partial charge is 0.380 e. The zero-order valence-corrected chi connectivity index (χ0v) is 12.2. The van der Waals surface area contributed by atoms with Crippen LogP contribution in [0.2, 0.25) is 0 Å². The van der Waals surface area contributed by atoms with Crippen LogP contribution in [0.4, 0.5) is 13.2 Å². The van der Waals surface area contributed by atoms with Crippen molar-refractivity contribution in [3.05, 3.63) is 29.8 Å². The molecular formula is C14H17F3O3S. The van der Waals surface area contributed by atoms with Gasteiger partial charge >= 0.3 is 10.1 Å². The van der Waals surface area contributed by atoms with Gasteiger partial charge in [-0.2, -0.15) is 8.42 Å². The van der Waals surface area contributed by atoms with Crippen LogP contribution in [0.5, 0.6) is 5.75 Å². The summed E-state index contributed by atoms with van der Waals surface area (Å²) >= 11 is 0. The molecule has 1 aromatic rings. The lowest BCUT2D eigenvalue weighted by Crippen LogP contribution is -2.28. The molecule has 118 valence electrons. The SMILES string of the molecule is O=S(=O)(Oc1cccc(C2CCCCC2)c1)C(F)C(F)F. The summed E-state index contributed by atoms with van der Waals surface area (Å²) in [4.78, 5) is 0. The maximum absolute atomic E-state index is 13.0. The number of hydrogen-bond acceptors (Lipinski definition) is 3. The third-order valence-electron chi connectivity index (χ3n) is 3.62. The van der Waals surface area contributed by atoms with Crippen LogP contribution in [0.25, 0.3) is 0 Å². The second-order valence-electron chi connectivity index (χ2n) is 5.17. The second-order valence-corrected chi connectivity index (χ2v) is 6.77. The second kappa shape index (κ2) is 6.68. The first kappa shape index (κ1) is 16.1. The molecule has 21 heavy (non-hydrogen) atoms. The number of halogens is 3. The van der Waals surface area contributed by atoms with Gasteiger partial charge in [-0.1, -0.05) is 31.4 Å². The maximum Gasteiger partial charge on any atom is 0.347 e. The van der Waals surface area contributed by atoms with Gasteiger partial charge in [0, 0.05) is 0 Å². The molecule has 1 saturated carbocycles. The molecule has 3 nitrogen and oxygen atoms in total. The molecule has 0 spiro atoms. The van der Waals surface area contributed by atoms with Gasteiger partial charge in [0.2, 0.25) is 0 Å². The molecule has 2 rings (SSSR count). The maximum atomic E-state index is 13.0. The van der Waals surface area contributed by atoms with Crippen LogP contribution >= 0.6 is 0 Å². The molecule has 1 unspecified atom stereocenters. The molecule has 0 heterocycles. The van der Waals surface area contributed by atoms with E-state index < -0.39 is 22.0 Å². The fourth-order valence-corrected chi connectivity index (χ4v) is 3.28. The topological polar surface area (TPSA) is 43.4 Å². The Morgan fingerprint density at radius 3 is 2.38 bits per heavy atom. The van der Waals surface area contributed by atoms with Crippen LogP contribution in [0.15, 0.2) is 24.3 Å². The number of hydrogen-bond donors (Lipinski definition) is 0. The molecule has 0 aromatic heterocycles. The van der Waals surface area contributed by atoms with Crippen molar-refractivity contribution in [1.82, 2.24) is 0 Å². The first-order chi connectivity index (χ1) is 9.90. The summed E-state index contributed by atoms with van der Waals surface area (Å²) in [7, 11) is -4.98. The molecule has 0 bridgehead atoms. The van der Waals surface area contributed by atoms with Crippen LogP contribution in [0, 0.1) is 0 Å². The van der Waals surface area contributed by atoms with Crippen LogP contribution in [-0.4, -0.2) is 20.3 Å². The minimum Gasteiger partial charge on any atom is -0.380 e. The van der Waals surface area contributed by atoms with E-state index in [1.165, 1.54) is 18.6 Å². The van der Waals surface area contributed by atoms with Crippen molar-refractivity contribution in [3.8, 4) is 5.75 Å². The quantitative estimate of drug-likeness (QED) is 0.770. The molecule has 0 saturated heterocycles. The van der Waals surface area contributed by atoms with Crippen LogP contribution in [0.1, 0.15) is 43.6 Å². The molecule has 1 atom stereocenters. The number of alkyl halides is 3. The smallest absolute Gasteiger partial charge is 0.347 e. The zero-order valence-electron chi connectivity index (χ0n) is 11.3.